The van der Waals surface area contributed by atoms with Crippen LogP contribution in [0.5, 0.6) is 11.5 Å². The minimum atomic E-state index is -0.190. The van der Waals surface area contributed by atoms with Crippen molar-refractivity contribution in [2.45, 2.75) is 46.0 Å². The van der Waals surface area contributed by atoms with Crippen LogP contribution in [0.4, 0.5) is 0 Å². The standard InChI is InChI=1S/C25H31N5O3/c1-18(2)33-20-10-8-19(9-11-20)17-29-13-12-23-27-28-24(30(23)15-14-29)16-26-25(31)21-6-4-5-7-22(21)32-3/h4-11,18H,12-17H2,1-3H3,(H,26,31). The minimum absolute atomic E-state index is 0.172. The van der Waals surface area contributed by atoms with Gasteiger partial charge < -0.3 is 19.4 Å². The van der Waals surface area contributed by atoms with Crippen LogP contribution in [0.2, 0.25) is 0 Å². The van der Waals surface area contributed by atoms with E-state index in [-0.39, 0.29) is 12.0 Å². The Bertz CT molecular complexity index is 1080. The number of nitrogens with zero attached hydrogens (tertiary/aromatic N) is 4. The van der Waals surface area contributed by atoms with Crippen LogP contribution in [0, 0.1) is 0 Å². The molecule has 0 saturated heterocycles. The average molecular weight is 450 g/mol. The van der Waals surface area contributed by atoms with Gasteiger partial charge in [0.1, 0.15) is 17.3 Å². The van der Waals surface area contributed by atoms with Crippen LogP contribution in [-0.4, -0.2) is 51.9 Å². The zero-order valence-electron chi connectivity index (χ0n) is 19.5. The maximum atomic E-state index is 12.6. The first-order valence-electron chi connectivity index (χ1n) is 11.3. The van der Waals surface area contributed by atoms with E-state index in [4.69, 9.17) is 9.47 Å². The Balaban J connectivity index is 1.34. The minimum Gasteiger partial charge on any atom is -0.496 e. The summed E-state index contributed by atoms with van der Waals surface area (Å²) >= 11 is 0. The molecule has 0 saturated carbocycles. The van der Waals surface area contributed by atoms with Crippen molar-refractivity contribution in [2.24, 2.45) is 0 Å². The maximum Gasteiger partial charge on any atom is 0.255 e. The third-order valence-electron chi connectivity index (χ3n) is 5.66. The normalized spacial score (nSPS) is 13.9. The molecule has 0 aliphatic carbocycles. The van der Waals surface area contributed by atoms with Crippen molar-refractivity contribution >= 4 is 5.91 Å². The van der Waals surface area contributed by atoms with Crippen LogP contribution in [0.3, 0.4) is 0 Å². The zero-order chi connectivity index (χ0) is 23.2. The average Bonchev–Trinajstić information content (AvgIpc) is 3.10. The number of benzene rings is 2. The second-order valence-corrected chi connectivity index (χ2v) is 8.40. The van der Waals surface area contributed by atoms with Gasteiger partial charge in [-0.3, -0.25) is 9.69 Å². The highest BCUT2D eigenvalue weighted by Gasteiger charge is 2.20. The Labute approximate surface area is 194 Å². The maximum absolute atomic E-state index is 12.6. The van der Waals surface area contributed by atoms with Gasteiger partial charge in [-0.05, 0) is 43.7 Å². The fourth-order valence-corrected chi connectivity index (χ4v) is 4.01. The van der Waals surface area contributed by atoms with E-state index in [0.717, 1.165) is 50.0 Å². The molecule has 1 N–H and O–H groups in total. The van der Waals surface area contributed by atoms with E-state index < -0.39 is 0 Å². The number of nitrogens with one attached hydrogen (secondary N) is 1. The van der Waals surface area contributed by atoms with E-state index in [1.54, 1.807) is 19.2 Å². The van der Waals surface area contributed by atoms with Gasteiger partial charge in [0.15, 0.2) is 5.82 Å². The molecule has 0 fully saturated rings. The molecule has 0 spiro atoms. The molecule has 2 aromatic carbocycles. The highest BCUT2D eigenvalue weighted by molar-refractivity contribution is 5.96. The second-order valence-electron chi connectivity index (χ2n) is 8.40. The van der Waals surface area contributed by atoms with E-state index >= 15 is 0 Å². The third-order valence-corrected chi connectivity index (χ3v) is 5.66. The number of carbonyl (C=O) groups excluding carboxylic acids is 1. The first-order chi connectivity index (χ1) is 16.0. The Morgan fingerprint density at radius 2 is 1.85 bits per heavy atom. The van der Waals surface area contributed by atoms with Crippen molar-refractivity contribution < 1.29 is 14.3 Å². The van der Waals surface area contributed by atoms with Crippen LogP contribution in [-0.2, 0) is 26.1 Å². The molecule has 0 bridgehead atoms. The molecular formula is C25H31N5O3. The van der Waals surface area contributed by atoms with Gasteiger partial charge >= 0.3 is 0 Å². The lowest BCUT2D eigenvalue weighted by molar-refractivity contribution is 0.0946. The molecule has 1 amide bonds. The van der Waals surface area contributed by atoms with Gasteiger partial charge in [0, 0.05) is 32.6 Å². The molecule has 0 radical (unpaired) electrons. The number of methoxy groups -OCH3 is 1. The predicted molar refractivity (Wildman–Crippen MR) is 125 cm³/mol. The number of amides is 1. The fraction of sp³-hybridized carbons (Fsp3) is 0.400. The van der Waals surface area contributed by atoms with Crippen molar-refractivity contribution in [3.63, 3.8) is 0 Å². The second kappa shape index (κ2) is 10.5. The molecule has 1 aliphatic rings. The van der Waals surface area contributed by atoms with Crippen LogP contribution < -0.4 is 14.8 Å². The van der Waals surface area contributed by atoms with Gasteiger partial charge in [-0.1, -0.05) is 24.3 Å². The summed E-state index contributed by atoms with van der Waals surface area (Å²) in [6, 6.07) is 15.5. The summed E-state index contributed by atoms with van der Waals surface area (Å²) in [4.78, 5) is 15.0. The van der Waals surface area contributed by atoms with Crippen molar-refractivity contribution in [1.82, 2.24) is 25.0 Å². The number of hydrogen-bond donors (Lipinski definition) is 1. The molecule has 3 aromatic rings. The summed E-state index contributed by atoms with van der Waals surface area (Å²) in [5.74, 6) is 2.99. The summed E-state index contributed by atoms with van der Waals surface area (Å²) in [7, 11) is 1.56. The number of rotatable bonds is 8. The molecule has 174 valence electrons. The number of carbonyl (C=O) groups is 1. The van der Waals surface area contributed by atoms with Gasteiger partial charge in [-0.15, -0.1) is 10.2 Å². The predicted octanol–water partition coefficient (Wildman–Crippen LogP) is 3.06. The van der Waals surface area contributed by atoms with Gasteiger partial charge in [-0.2, -0.15) is 0 Å². The number of para-hydroxylation sites is 1. The van der Waals surface area contributed by atoms with Crippen LogP contribution in [0.25, 0.3) is 0 Å². The van der Waals surface area contributed by atoms with Gasteiger partial charge in [0.05, 0.1) is 25.3 Å². The van der Waals surface area contributed by atoms with Crippen LogP contribution in [0.15, 0.2) is 48.5 Å². The Kier molecular flexibility index (Phi) is 7.24. The van der Waals surface area contributed by atoms with Crippen molar-refractivity contribution in [3.8, 4) is 11.5 Å². The Hall–Kier alpha value is -3.39. The fourth-order valence-electron chi connectivity index (χ4n) is 4.01. The van der Waals surface area contributed by atoms with Gasteiger partial charge in [-0.25, -0.2) is 0 Å². The summed E-state index contributed by atoms with van der Waals surface area (Å²) in [6.07, 6.45) is 0.994. The molecule has 8 heteroatoms. The monoisotopic (exact) mass is 449 g/mol. The molecule has 4 rings (SSSR count). The van der Waals surface area contributed by atoms with Crippen molar-refractivity contribution in [1.29, 1.82) is 0 Å². The SMILES string of the molecule is COc1ccccc1C(=O)NCc1nnc2n1CCN(Cc1ccc(OC(C)C)cc1)CC2. The molecular weight excluding hydrogens is 418 g/mol. The summed E-state index contributed by atoms with van der Waals surface area (Å²) in [5.41, 5.74) is 1.76. The smallest absolute Gasteiger partial charge is 0.255 e. The third kappa shape index (κ3) is 5.70. The molecule has 0 unspecified atom stereocenters. The number of fused-ring (bicyclic) bond motifs is 1. The largest absolute Gasteiger partial charge is 0.496 e. The highest BCUT2D eigenvalue weighted by atomic mass is 16.5. The lowest BCUT2D eigenvalue weighted by Crippen LogP contribution is -2.28. The molecule has 1 aliphatic heterocycles. The number of aromatic nitrogens is 3. The molecule has 2 heterocycles. The number of hydrogen-bond acceptors (Lipinski definition) is 6. The summed E-state index contributed by atoms with van der Waals surface area (Å²) < 4.78 is 13.2. The van der Waals surface area contributed by atoms with Gasteiger partial charge in [0.25, 0.3) is 5.91 Å². The molecule has 33 heavy (non-hydrogen) atoms. The van der Waals surface area contributed by atoms with Crippen molar-refractivity contribution in [3.05, 3.63) is 71.3 Å². The van der Waals surface area contributed by atoms with E-state index in [0.29, 0.717) is 17.9 Å². The summed E-state index contributed by atoms with van der Waals surface area (Å²) in [6.45, 7) is 7.85. The van der Waals surface area contributed by atoms with E-state index in [9.17, 15) is 4.79 Å². The lowest BCUT2D eigenvalue weighted by Gasteiger charge is -2.20. The Morgan fingerprint density at radius 3 is 2.61 bits per heavy atom. The molecule has 1 aromatic heterocycles. The number of ether oxygens (including phenoxy) is 2. The first-order valence-corrected chi connectivity index (χ1v) is 11.3. The summed E-state index contributed by atoms with van der Waals surface area (Å²) in [5, 5.41) is 11.6. The van der Waals surface area contributed by atoms with Crippen LogP contribution in [0.1, 0.15) is 41.4 Å². The Morgan fingerprint density at radius 1 is 1.06 bits per heavy atom. The topological polar surface area (TPSA) is 81.5 Å². The van der Waals surface area contributed by atoms with Crippen molar-refractivity contribution in [2.75, 3.05) is 20.2 Å². The van der Waals surface area contributed by atoms with E-state index in [1.807, 2.05) is 38.1 Å². The van der Waals surface area contributed by atoms with E-state index in [1.165, 1.54) is 5.56 Å². The van der Waals surface area contributed by atoms with Gasteiger partial charge in [0.2, 0.25) is 0 Å². The quantitative estimate of drug-likeness (QED) is 0.569. The van der Waals surface area contributed by atoms with E-state index in [2.05, 4.69) is 37.1 Å². The first kappa shape index (κ1) is 22.8. The highest BCUT2D eigenvalue weighted by Crippen LogP contribution is 2.18. The zero-order valence-corrected chi connectivity index (χ0v) is 19.5. The molecule has 8 nitrogen and oxygen atoms in total. The van der Waals surface area contributed by atoms with Crippen LogP contribution >= 0.6 is 0 Å². The lowest BCUT2D eigenvalue weighted by atomic mass is 10.2. The molecule has 0 atom stereocenters.